The van der Waals surface area contributed by atoms with Gasteiger partial charge in [-0.25, -0.2) is 0 Å². The number of phenols is 2. The van der Waals surface area contributed by atoms with E-state index in [4.69, 9.17) is 4.74 Å². The van der Waals surface area contributed by atoms with Gasteiger partial charge in [-0.1, -0.05) is 30.3 Å². The van der Waals surface area contributed by atoms with Gasteiger partial charge in [0.2, 0.25) is 0 Å². The van der Waals surface area contributed by atoms with E-state index >= 15 is 0 Å². The van der Waals surface area contributed by atoms with Crippen molar-refractivity contribution in [2.45, 2.75) is 26.7 Å². The Morgan fingerprint density at radius 3 is 2.35 bits per heavy atom. The molecule has 0 heterocycles. The molecule has 2 rings (SSSR count). The Labute approximate surface area is 117 Å². The first kappa shape index (κ1) is 14.4. The van der Waals surface area contributed by atoms with Gasteiger partial charge < -0.3 is 20.1 Å². The molecule has 0 unspecified atom stereocenters. The molecule has 0 spiro atoms. The molecule has 4 nitrogen and oxygen atoms in total. The van der Waals surface area contributed by atoms with Crippen LogP contribution in [0.3, 0.4) is 0 Å². The second-order valence-electron chi connectivity index (χ2n) is 4.66. The van der Waals surface area contributed by atoms with Crippen LogP contribution in [0.4, 0.5) is 0 Å². The highest BCUT2D eigenvalue weighted by Gasteiger charge is 2.14. The maximum Gasteiger partial charge on any atom is 0.163 e. The Morgan fingerprint density at radius 1 is 1.00 bits per heavy atom. The van der Waals surface area contributed by atoms with E-state index in [1.165, 1.54) is 0 Å². The van der Waals surface area contributed by atoms with E-state index in [-0.39, 0.29) is 24.7 Å². The summed E-state index contributed by atoms with van der Waals surface area (Å²) in [5.74, 6) is -0.466. The first-order chi connectivity index (χ1) is 9.63. The van der Waals surface area contributed by atoms with E-state index in [0.29, 0.717) is 23.3 Å². The van der Waals surface area contributed by atoms with Gasteiger partial charge in [-0.05, 0) is 29.7 Å². The highest BCUT2D eigenvalue weighted by Crippen LogP contribution is 2.35. The fourth-order valence-electron chi connectivity index (χ4n) is 2.06. The topological polar surface area (TPSA) is 69.9 Å². The minimum Gasteiger partial charge on any atom is -0.504 e. The average Bonchev–Trinajstić information content (AvgIpc) is 2.46. The fourth-order valence-corrected chi connectivity index (χ4v) is 2.06. The van der Waals surface area contributed by atoms with E-state index in [2.05, 4.69) is 0 Å². The lowest BCUT2D eigenvalue weighted by Gasteiger charge is -2.13. The fraction of sp³-hybridized carbons (Fsp3) is 0.250. The van der Waals surface area contributed by atoms with Crippen molar-refractivity contribution >= 4 is 0 Å². The molecule has 0 aliphatic carbocycles. The first-order valence-corrected chi connectivity index (χ1v) is 6.39. The number of aromatic hydroxyl groups is 2. The molecule has 0 aliphatic rings. The van der Waals surface area contributed by atoms with Crippen molar-refractivity contribution in [2.24, 2.45) is 0 Å². The van der Waals surface area contributed by atoms with Crippen LogP contribution in [0.25, 0.3) is 0 Å². The molecule has 2 aromatic rings. The summed E-state index contributed by atoms with van der Waals surface area (Å²) in [6.07, 6.45) is 0. The molecule has 0 saturated carbocycles. The van der Waals surface area contributed by atoms with Crippen molar-refractivity contribution in [2.75, 3.05) is 0 Å². The number of hydrogen-bond donors (Lipinski definition) is 3. The molecule has 0 atom stereocenters. The van der Waals surface area contributed by atoms with Gasteiger partial charge in [0.25, 0.3) is 0 Å². The maximum absolute atomic E-state index is 9.81. The van der Waals surface area contributed by atoms with Crippen molar-refractivity contribution in [1.29, 1.82) is 0 Å². The molecule has 0 aliphatic heterocycles. The van der Waals surface area contributed by atoms with E-state index in [1.807, 2.05) is 30.3 Å². The number of aliphatic hydroxyl groups is 1. The number of phenolic OH excluding ortho intramolecular Hbond substituents is 1. The van der Waals surface area contributed by atoms with Crippen LogP contribution in [0, 0.1) is 6.92 Å². The quantitative estimate of drug-likeness (QED) is 0.733. The van der Waals surface area contributed by atoms with E-state index in [9.17, 15) is 15.3 Å². The number of ether oxygens (including phenoxy) is 1. The van der Waals surface area contributed by atoms with E-state index in [0.717, 1.165) is 5.56 Å². The Balaban J connectivity index is 2.10. The third-order valence-corrected chi connectivity index (χ3v) is 3.19. The van der Waals surface area contributed by atoms with Crippen LogP contribution in [-0.4, -0.2) is 15.3 Å². The zero-order chi connectivity index (χ0) is 14.5. The number of benzene rings is 2. The van der Waals surface area contributed by atoms with Crippen molar-refractivity contribution in [1.82, 2.24) is 0 Å². The molecule has 4 heteroatoms. The first-order valence-electron chi connectivity index (χ1n) is 6.39. The minimum absolute atomic E-state index is 0.194. The predicted octanol–water partition coefficient (Wildman–Crippen LogP) is 2.62. The highest BCUT2D eigenvalue weighted by atomic mass is 16.5. The number of hydrogen-bond acceptors (Lipinski definition) is 4. The molecule has 106 valence electrons. The second-order valence-corrected chi connectivity index (χ2v) is 4.66. The molecular formula is C16H18O4. The second kappa shape index (κ2) is 6.41. The molecule has 2 aromatic carbocycles. The number of aliphatic hydroxyl groups excluding tert-OH is 1. The van der Waals surface area contributed by atoms with Gasteiger partial charge in [0.05, 0.1) is 19.8 Å². The lowest BCUT2D eigenvalue weighted by molar-refractivity contribution is 0.105. The van der Waals surface area contributed by atoms with Gasteiger partial charge in [0, 0.05) is 5.56 Å². The highest BCUT2D eigenvalue weighted by molar-refractivity contribution is 5.53. The zero-order valence-electron chi connectivity index (χ0n) is 11.3. The Morgan fingerprint density at radius 2 is 1.70 bits per heavy atom. The van der Waals surface area contributed by atoms with Gasteiger partial charge in [0.15, 0.2) is 11.5 Å². The van der Waals surface area contributed by atoms with E-state index < -0.39 is 0 Å². The van der Waals surface area contributed by atoms with Crippen molar-refractivity contribution in [3.8, 4) is 11.5 Å². The third kappa shape index (κ3) is 3.10. The van der Waals surface area contributed by atoms with Crippen LogP contribution in [0.1, 0.15) is 22.3 Å². The van der Waals surface area contributed by atoms with Crippen LogP contribution in [-0.2, 0) is 24.6 Å². The summed E-state index contributed by atoms with van der Waals surface area (Å²) in [4.78, 5) is 0. The van der Waals surface area contributed by atoms with Gasteiger partial charge in [0.1, 0.15) is 0 Å². The number of aryl methyl sites for hydroxylation is 1. The summed E-state index contributed by atoms with van der Waals surface area (Å²) in [7, 11) is 0. The molecule has 20 heavy (non-hydrogen) atoms. The lowest BCUT2D eigenvalue weighted by Crippen LogP contribution is -2.00. The van der Waals surface area contributed by atoms with Crippen LogP contribution >= 0.6 is 0 Å². The van der Waals surface area contributed by atoms with Gasteiger partial charge in [-0.3, -0.25) is 0 Å². The Bertz CT molecular complexity index is 579. The normalized spacial score (nSPS) is 10.7. The molecular weight excluding hydrogens is 256 g/mol. The van der Waals surface area contributed by atoms with Crippen LogP contribution < -0.4 is 0 Å². The zero-order valence-corrected chi connectivity index (χ0v) is 11.3. The molecule has 0 aromatic heterocycles. The van der Waals surface area contributed by atoms with Gasteiger partial charge >= 0.3 is 0 Å². The molecule has 0 radical (unpaired) electrons. The molecule has 0 fully saturated rings. The minimum atomic E-state index is -0.344. The standard InChI is InChI=1S/C16H18O4/c1-11-7-13(14(8-17)16(19)15(11)18)10-20-9-12-5-3-2-4-6-12/h2-7,17-19H,8-10H2,1H3. The van der Waals surface area contributed by atoms with Crippen LogP contribution in [0.2, 0.25) is 0 Å². The van der Waals surface area contributed by atoms with Crippen molar-refractivity contribution in [3.05, 3.63) is 58.7 Å². The Kier molecular flexibility index (Phi) is 4.61. The maximum atomic E-state index is 9.81. The van der Waals surface area contributed by atoms with Gasteiger partial charge in [-0.15, -0.1) is 0 Å². The van der Waals surface area contributed by atoms with Crippen molar-refractivity contribution < 1.29 is 20.1 Å². The van der Waals surface area contributed by atoms with E-state index in [1.54, 1.807) is 13.0 Å². The molecule has 0 saturated heterocycles. The monoisotopic (exact) mass is 274 g/mol. The summed E-state index contributed by atoms with van der Waals surface area (Å²) < 4.78 is 5.59. The van der Waals surface area contributed by atoms with Crippen LogP contribution in [0.15, 0.2) is 36.4 Å². The van der Waals surface area contributed by atoms with Gasteiger partial charge in [-0.2, -0.15) is 0 Å². The summed E-state index contributed by atoms with van der Waals surface area (Å²) in [5.41, 5.74) is 2.59. The average molecular weight is 274 g/mol. The van der Waals surface area contributed by atoms with Crippen molar-refractivity contribution in [3.63, 3.8) is 0 Å². The largest absolute Gasteiger partial charge is 0.504 e. The Hall–Kier alpha value is -2.04. The van der Waals surface area contributed by atoms with Crippen LogP contribution in [0.5, 0.6) is 11.5 Å². The smallest absolute Gasteiger partial charge is 0.163 e. The summed E-state index contributed by atoms with van der Waals surface area (Å²) in [6, 6.07) is 11.5. The third-order valence-electron chi connectivity index (χ3n) is 3.19. The summed E-state index contributed by atoms with van der Waals surface area (Å²) in [5, 5.41) is 28.8. The lowest BCUT2D eigenvalue weighted by atomic mass is 10.0. The SMILES string of the molecule is Cc1cc(COCc2ccccc2)c(CO)c(O)c1O. The predicted molar refractivity (Wildman–Crippen MR) is 75.4 cm³/mol. The summed E-state index contributed by atoms with van der Waals surface area (Å²) in [6.45, 7) is 2.06. The summed E-state index contributed by atoms with van der Waals surface area (Å²) >= 11 is 0. The molecule has 3 N–H and O–H groups in total. The molecule has 0 amide bonds. The number of rotatable bonds is 5. The molecule has 0 bridgehead atoms.